The second kappa shape index (κ2) is 6.96. The number of nitrogens with zero attached hydrogens (tertiary/aromatic N) is 1. The fourth-order valence-corrected chi connectivity index (χ4v) is 2.40. The Bertz CT molecular complexity index is 605. The van der Waals surface area contributed by atoms with Crippen molar-refractivity contribution in [2.45, 2.75) is 31.8 Å². The van der Waals surface area contributed by atoms with Gasteiger partial charge < -0.3 is 4.84 Å². The molecule has 6 nitrogen and oxygen atoms in total. The fraction of sp³-hybridized carbons (Fsp3) is 0.333. The summed E-state index contributed by atoms with van der Waals surface area (Å²) in [7, 11) is -4.03. The molecule has 1 rings (SSSR count). The van der Waals surface area contributed by atoms with Gasteiger partial charge in [-0.15, -0.1) is 0 Å². The third-order valence-corrected chi connectivity index (χ3v) is 3.94. The van der Waals surface area contributed by atoms with Crippen LogP contribution in [-0.2, 0) is 23.9 Å². The molecule has 0 N–H and O–H groups in total. The van der Waals surface area contributed by atoms with Crippen LogP contribution in [0.1, 0.15) is 20.8 Å². The Labute approximate surface area is 126 Å². The van der Waals surface area contributed by atoms with Gasteiger partial charge in [0.25, 0.3) is 10.1 Å². The Morgan fingerprint density at radius 3 is 2.30 bits per heavy atom. The van der Waals surface area contributed by atoms with Crippen molar-refractivity contribution in [2.24, 2.45) is 5.16 Å². The molecule has 8 heteroatoms. The van der Waals surface area contributed by atoms with Crippen LogP contribution in [0.15, 0.2) is 38.8 Å². The molecule has 1 aromatic carbocycles. The van der Waals surface area contributed by atoms with E-state index in [-0.39, 0.29) is 4.90 Å². The number of rotatable bonds is 5. The molecule has 0 aliphatic carbocycles. The van der Waals surface area contributed by atoms with Gasteiger partial charge in [0, 0.05) is 4.47 Å². The summed E-state index contributed by atoms with van der Waals surface area (Å²) in [5, 5.41) is 3.45. The monoisotopic (exact) mass is 363 g/mol. The van der Waals surface area contributed by atoms with Crippen molar-refractivity contribution in [3.63, 3.8) is 0 Å². The molecule has 0 amide bonds. The Morgan fingerprint density at radius 2 is 1.80 bits per heavy atom. The molecule has 0 heterocycles. The van der Waals surface area contributed by atoms with Crippen LogP contribution in [0.25, 0.3) is 0 Å². The lowest BCUT2D eigenvalue weighted by Gasteiger charge is -2.10. The summed E-state index contributed by atoms with van der Waals surface area (Å²) in [5.41, 5.74) is 0.529. The third kappa shape index (κ3) is 5.03. The van der Waals surface area contributed by atoms with Gasteiger partial charge in [-0.05, 0) is 45.0 Å². The number of carbonyl (C=O) groups excluding carboxylic acids is 1. The van der Waals surface area contributed by atoms with Crippen LogP contribution in [0.5, 0.6) is 0 Å². The van der Waals surface area contributed by atoms with Crippen molar-refractivity contribution < 1.29 is 22.2 Å². The van der Waals surface area contributed by atoms with Gasteiger partial charge in [-0.3, -0.25) is 4.18 Å². The quantitative estimate of drug-likeness (QED) is 0.347. The van der Waals surface area contributed by atoms with Gasteiger partial charge in [0.05, 0.1) is 10.6 Å². The zero-order chi connectivity index (χ0) is 15.3. The predicted octanol–water partition coefficient (Wildman–Crippen LogP) is 2.48. The molecule has 0 aromatic heterocycles. The summed E-state index contributed by atoms with van der Waals surface area (Å²) in [4.78, 5) is 16.0. The summed E-state index contributed by atoms with van der Waals surface area (Å²) < 4.78 is 29.3. The minimum atomic E-state index is -4.03. The van der Waals surface area contributed by atoms with Crippen molar-refractivity contribution in [2.75, 3.05) is 0 Å². The molecule has 0 aliphatic heterocycles. The van der Waals surface area contributed by atoms with E-state index in [1.807, 2.05) is 0 Å². The van der Waals surface area contributed by atoms with Gasteiger partial charge in [0.1, 0.15) is 0 Å². The van der Waals surface area contributed by atoms with Crippen LogP contribution >= 0.6 is 15.9 Å². The number of benzene rings is 1. The largest absolute Gasteiger partial charge is 0.364 e. The molecule has 0 aliphatic rings. The van der Waals surface area contributed by atoms with Crippen LogP contribution in [-0.4, -0.2) is 26.2 Å². The van der Waals surface area contributed by atoms with Crippen molar-refractivity contribution in [3.8, 4) is 0 Å². The minimum Gasteiger partial charge on any atom is -0.315 e. The Hall–Kier alpha value is -1.25. The molecule has 0 bridgehead atoms. The normalized spacial score (nSPS) is 12.6. The van der Waals surface area contributed by atoms with E-state index in [4.69, 9.17) is 4.18 Å². The van der Waals surface area contributed by atoms with Gasteiger partial charge in [-0.2, -0.15) is 8.42 Å². The molecule has 1 aromatic rings. The number of hydrogen-bond donors (Lipinski definition) is 0. The first kappa shape index (κ1) is 16.8. The number of oxime groups is 1. The van der Waals surface area contributed by atoms with Crippen molar-refractivity contribution >= 4 is 37.7 Å². The van der Waals surface area contributed by atoms with Gasteiger partial charge in [0.2, 0.25) is 0 Å². The summed E-state index contributed by atoms with van der Waals surface area (Å²) in [6, 6.07) is 5.85. The number of halogens is 1. The van der Waals surface area contributed by atoms with Gasteiger partial charge in [-0.25, -0.2) is 4.79 Å². The second-order valence-corrected chi connectivity index (χ2v) is 6.58. The highest BCUT2D eigenvalue weighted by atomic mass is 79.9. The highest BCUT2D eigenvalue weighted by Gasteiger charge is 2.25. The zero-order valence-corrected chi connectivity index (χ0v) is 13.6. The van der Waals surface area contributed by atoms with E-state index in [0.717, 1.165) is 4.47 Å². The Morgan fingerprint density at radius 1 is 1.25 bits per heavy atom. The molecule has 1 unspecified atom stereocenters. The van der Waals surface area contributed by atoms with E-state index in [1.165, 1.54) is 19.1 Å². The molecule has 20 heavy (non-hydrogen) atoms. The van der Waals surface area contributed by atoms with Crippen LogP contribution in [0.4, 0.5) is 0 Å². The van der Waals surface area contributed by atoms with E-state index in [2.05, 4.69) is 25.9 Å². The van der Waals surface area contributed by atoms with Crippen molar-refractivity contribution in [1.29, 1.82) is 0 Å². The highest BCUT2D eigenvalue weighted by Crippen LogP contribution is 2.18. The van der Waals surface area contributed by atoms with E-state index in [0.29, 0.717) is 5.71 Å². The van der Waals surface area contributed by atoms with E-state index in [1.54, 1.807) is 26.0 Å². The molecule has 110 valence electrons. The summed E-state index contributed by atoms with van der Waals surface area (Å²) in [6.45, 7) is 4.55. The number of hydrogen-bond acceptors (Lipinski definition) is 6. The first-order valence-electron chi connectivity index (χ1n) is 5.63. The molecule has 1 atom stereocenters. The van der Waals surface area contributed by atoms with Gasteiger partial charge in [0.15, 0.2) is 6.10 Å². The first-order valence-corrected chi connectivity index (χ1v) is 7.83. The molecule has 0 spiro atoms. The van der Waals surface area contributed by atoms with Crippen LogP contribution in [0, 0.1) is 0 Å². The van der Waals surface area contributed by atoms with Crippen LogP contribution < -0.4 is 0 Å². The third-order valence-electron chi connectivity index (χ3n) is 2.02. The highest BCUT2D eigenvalue weighted by molar-refractivity contribution is 9.10. The maximum atomic E-state index is 11.9. The lowest BCUT2D eigenvalue weighted by Crippen LogP contribution is -2.25. The maximum Gasteiger partial charge on any atom is 0.364 e. The zero-order valence-electron chi connectivity index (χ0n) is 11.2. The first-order chi connectivity index (χ1) is 9.22. The molecule has 0 radical (unpaired) electrons. The average Bonchev–Trinajstić information content (AvgIpc) is 2.35. The van der Waals surface area contributed by atoms with E-state index < -0.39 is 22.2 Å². The second-order valence-electron chi connectivity index (χ2n) is 4.10. The lowest BCUT2D eigenvalue weighted by molar-refractivity contribution is -0.150. The standard InChI is InChI=1S/C12H14BrNO5S/c1-8(2)14-18-12(15)9(3)19-20(16,17)11-6-4-10(13)5-7-11/h4-7,9H,1-3H3. The summed E-state index contributed by atoms with van der Waals surface area (Å²) in [5.74, 6) is -0.883. The maximum absolute atomic E-state index is 11.9. The summed E-state index contributed by atoms with van der Waals surface area (Å²) in [6.07, 6.45) is -1.29. The Balaban J connectivity index is 2.78. The van der Waals surface area contributed by atoms with Gasteiger partial charge in [-0.1, -0.05) is 21.1 Å². The fourth-order valence-electron chi connectivity index (χ4n) is 1.10. The van der Waals surface area contributed by atoms with E-state index >= 15 is 0 Å². The molecular weight excluding hydrogens is 350 g/mol. The van der Waals surface area contributed by atoms with E-state index in [9.17, 15) is 13.2 Å². The molecule has 0 fully saturated rings. The van der Waals surface area contributed by atoms with Crippen molar-refractivity contribution in [3.05, 3.63) is 28.7 Å². The molecule has 0 saturated carbocycles. The smallest absolute Gasteiger partial charge is 0.315 e. The number of carbonyl (C=O) groups is 1. The minimum absolute atomic E-state index is 0.0458. The van der Waals surface area contributed by atoms with Crippen molar-refractivity contribution in [1.82, 2.24) is 0 Å². The molecule has 0 saturated heterocycles. The lowest BCUT2D eigenvalue weighted by atomic mass is 10.4. The van der Waals surface area contributed by atoms with Gasteiger partial charge >= 0.3 is 5.97 Å². The average molecular weight is 364 g/mol. The Kier molecular flexibility index (Phi) is 5.85. The molecular formula is C12H14BrNO5S. The topological polar surface area (TPSA) is 82.0 Å². The van der Waals surface area contributed by atoms with Crippen LogP contribution in [0.3, 0.4) is 0 Å². The SMILES string of the molecule is CC(C)=NOC(=O)C(C)OS(=O)(=O)c1ccc(Br)cc1. The summed E-state index contributed by atoms with van der Waals surface area (Å²) >= 11 is 3.20. The van der Waals surface area contributed by atoms with Crippen LogP contribution in [0.2, 0.25) is 0 Å². The predicted molar refractivity (Wildman–Crippen MR) is 76.7 cm³/mol.